The van der Waals surface area contributed by atoms with Crippen LogP contribution >= 0.6 is 0 Å². The van der Waals surface area contributed by atoms with E-state index in [1.165, 1.54) is 6.42 Å². The Labute approximate surface area is 105 Å². The Morgan fingerprint density at radius 3 is 2.53 bits per heavy atom. The second kappa shape index (κ2) is 4.52. The highest BCUT2D eigenvalue weighted by Gasteiger charge is 2.48. The number of hydrogen-bond donors (Lipinski definition) is 1. The summed E-state index contributed by atoms with van der Waals surface area (Å²) in [6, 6.07) is 0. The largest absolute Gasteiger partial charge is 0.329 e. The molecular weight excluding hydrogens is 236 g/mol. The lowest BCUT2D eigenvalue weighted by Gasteiger charge is -2.45. The maximum Gasteiger partial charge on any atom is 0.214 e. The molecule has 100 valence electrons. The monoisotopic (exact) mass is 260 g/mol. The highest BCUT2D eigenvalue weighted by molar-refractivity contribution is 7.89. The zero-order valence-corrected chi connectivity index (χ0v) is 11.7. The zero-order valence-electron chi connectivity index (χ0n) is 10.9. The lowest BCUT2D eigenvalue weighted by molar-refractivity contribution is 0.110. The number of sulfonamides is 1. The van der Waals surface area contributed by atoms with E-state index in [0.717, 1.165) is 19.3 Å². The average molecular weight is 260 g/mol. The standard InChI is InChI=1S/C12H24N2O2S/c1-10-4-3-5-12(6-10,9-13)14-7-11(2)8-17(14,15)16/h10-11H,3-9,13H2,1-2H3. The van der Waals surface area contributed by atoms with Crippen LogP contribution in [0.25, 0.3) is 0 Å². The number of hydrogen-bond acceptors (Lipinski definition) is 3. The van der Waals surface area contributed by atoms with Gasteiger partial charge in [-0.25, -0.2) is 8.42 Å². The maximum atomic E-state index is 12.2. The van der Waals surface area contributed by atoms with E-state index in [1.54, 1.807) is 4.31 Å². The lowest BCUT2D eigenvalue weighted by atomic mass is 9.76. The van der Waals surface area contributed by atoms with Crippen molar-refractivity contribution in [3.05, 3.63) is 0 Å². The first-order valence-corrected chi connectivity index (χ1v) is 8.21. The smallest absolute Gasteiger partial charge is 0.214 e. The fourth-order valence-electron chi connectivity index (χ4n) is 3.53. The van der Waals surface area contributed by atoms with E-state index >= 15 is 0 Å². The molecule has 0 spiro atoms. The van der Waals surface area contributed by atoms with Gasteiger partial charge in [0.05, 0.1) is 5.75 Å². The van der Waals surface area contributed by atoms with Gasteiger partial charge in [-0.05, 0) is 24.7 Å². The molecule has 0 amide bonds. The third kappa shape index (κ3) is 2.37. The summed E-state index contributed by atoms with van der Waals surface area (Å²) in [6.45, 7) is 5.33. The molecule has 2 N–H and O–H groups in total. The van der Waals surface area contributed by atoms with Crippen LogP contribution in [0.5, 0.6) is 0 Å². The van der Waals surface area contributed by atoms with E-state index in [-0.39, 0.29) is 11.5 Å². The summed E-state index contributed by atoms with van der Waals surface area (Å²) in [6.07, 6.45) is 4.15. The van der Waals surface area contributed by atoms with Crippen molar-refractivity contribution in [1.82, 2.24) is 4.31 Å². The minimum absolute atomic E-state index is 0.237. The Balaban J connectivity index is 2.29. The summed E-state index contributed by atoms with van der Waals surface area (Å²) in [5, 5.41) is 0. The molecule has 2 rings (SSSR count). The summed E-state index contributed by atoms with van der Waals surface area (Å²) in [4.78, 5) is 0. The first-order chi connectivity index (χ1) is 7.89. The number of rotatable bonds is 2. The van der Waals surface area contributed by atoms with E-state index in [4.69, 9.17) is 5.73 Å². The first kappa shape index (κ1) is 13.3. The van der Waals surface area contributed by atoms with E-state index in [0.29, 0.717) is 24.8 Å². The number of nitrogens with two attached hydrogens (primary N) is 1. The average Bonchev–Trinajstić information content (AvgIpc) is 2.52. The van der Waals surface area contributed by atoms with Crippen LogP contribution in [0.2, 0.25) is 0 Å². The van der Waals surface area contributed by atoms with E-state index < -0.39 is 10.0 Å². The molecule has 1 saturated carbocycles. The highest BCUT2D eigenvalue weighted by atomic mass is 32.2. The van der Waals surface area contributed by atoms with Gasteiger partial charge in [-0.1, -0.05) is 26.7 Å². The second-order valence-corrected chi connectivity index (χ2v) is 7.98. The predicted octanol–water partition coefficient (Wildman–Crippen LogP) is 1.18. The quantitative estimate of drug-likeness (QED) is 0.811. The van der Waals surface area contributed by atoms with Crippen LogP contribution in [0.15, 0.2) is 0 Å². The number of nitrogens with zero attached hydrogens (tertiary/aromatic N) is 1. The molecule has 0 radical (unpaired) electrons. The van der Waals surface area contributed by atoms with E-state index in [1.807, 2.05) is 6.92 Å². The Kier molecular flexibility index (Phi) is 3.54. The van der Waals surface area contributed by atoms with Crippen LogP contribution in [-0.2, 0) is 10.0 Å². The lowest BCUT2D eigenvalue weighted by Crippen LogP contribution is -2.56. The Bertz CT molecular complexity index is 382. The van der Waals surface area contributed by atoms with Crippen LogP contribution in [0.3, 0.4) is 0 Å². The Hall–Kier alpha value is -0.130. The molecule has 3 unspecified atom stereocenters. The van der Waals surface area contributed by atoms with Crippen molar-refractivity contribution in [2.24, 2.45) is 17.6 Å². The van der Waals surface area contributed by atoms with Gasteiger partial charge in [0, 0.05) is 18.6 Å². The van der Waals surface area contributed by atoms with Gasteiger partial charge >= 0.3 is 0 Å². The van der Waals surface area contributed by atoms with Gasteiger partial charge < -0.3 is 5.73 Å². The SMILES string of the molecule is CC1CCCC(CN)(N2CC(C)CS2(=O)=O)C1. The van der Waals surface area contributed by atoms with E-state index in [2.05, 4.69) is 6.92 Å². The van der Waals surface area contributed by atoms with Gasteiger partial charge in [0.1, 0.15) is 0 Å². The molecular formula is C12H24N2O2S. The van der Waals surface area contributed by atoms with Gasteiger partial charge in [0.25, 0.3) is 0 Å². The topological polar surface area (TPSA) is 63.4 Å². The van der Waals surface area contributed by atoms with Crippen LogP contribution in [0, 0.1) is 11.8 Å². The molecule has 1 saturated heterocycles. The zero-order chi connectivity index (χ0) is 12.7. The van der Waals surface area contributed by atoms with Gasteiger partial charge in [-0.2, -0.15) is 4.31 Å². The molecule has 5 heteroatoms. The van der Waals surface area contributed by atoms with Crippen molar-refractivity contribution in [3.8, 4) is 0 Å². The molecule has 4 nitrogen and oxygen atoms in total. The molecule has 3 atom stereocenters. The predicted molar refractivity (Wildman–Crippen MR) is 69.1 cm³/mol. The molecule has 0 bridgehead atoms. The minimum atomic E-state index is -3.08. The third-order valence-electron chi connectivity index (χ3n) is 4.28. The second-order valence-electron chi connectivity index (χ2n) is 6.04. The van der Waals surface area contributed by atoms with Crippen molar-refractivity contribution in [2.45, 2.75) is 45.1 Å². The van der Waals surface area contributed by atoms with Crippen molar-refractivity contribution in [3.63, 3.8) is 0 Å². The third-order valence-corrected chi connectivity index (χ3v) is 6.48. The van der Waals surface area contributed by atoms with Crippen LogP contribution < -0.4 is 5.73 Å². The van der Waals surface area contributed by atoms with Crippen LogP contribution in [0.1, 0.15) is 39.5 Å². The summed E-state index contributed by atoms with van der Waals surface area (Å²) in [7, 11) is -3.08. The van der Waals surface area contributed by atoms with Crippen molar-refractivity contribution >= 4 is 10.0 Å². The summed E-state index contributed by atoms with van der Waals surface area (Å²) >= 11 is 0. The first-order valence-electron chi connectivity index (χ1n) is 6.60. The van der Waals surface area contributed by atoms with Crippen molar-refractivity contribution in [1.29, 1.82) is 0 Å². The molecule has 1 aliphatic carbocycles. The van der Waals surface area contributed by atoms with Crippen molar-refractivity contribution < 1.29 is 8.42 Å². The minimum Gasteiger partial charge on any atom is -0.329 e. The molecule has 0 aromatic carbocycles. The molecule has 0 aromatic rings. The molecule has 2 aliphatic rings. The molecule has 0 aromatic heterocycles. The Morgan fingerprint density at radius 2 is 2.06 bits per heavy atom. The van der Waals surface area contributed by atoms with Gasteiger partial charge in [-0.3, -0.25) is 0 Å². The molecule has 2 fully saturated rings. The fraction of sp³-hybridized carbons (Fsp3) is 1.00. The Morgan fingerprint density at radius 1 is 1.35 bits per heavy atom. The molecule has 17 heavy (non-hydrogen) atoms. The highest BCUT2D eigenvalue weighted by Crippen LogP contribution is 2.40. The van der Waals surface area contributed by atoms with Gasteiger partial charge in [0.2, 0.25) is 10.0 Å². The van der Waals surface area contributed by atoms with Crippen LogP contribution in [0.4, 0.5) is 0 Å². The fourth-order valence-corrected chi connectivity index (χ4v) is 5.85. The molecule has 1 aliphatic heterocycles. The maximum absolute atomic E-state index is 12.2. The van der Waals surface area contributed by atoms with Gasteiger partial charge in [-0.15, -0.1) is 0 Å². The van der Waals surface area contributed by atoms with E-state index in [9.17, 15) is 8.42 Å². The van der Waals surface area contributed by atoms with Gasteiger partial charge in [0.15, 0.2) is 0 Å². The van der Waals surface area contributed by atoms with Crippen molar-refractivity contribution in [2.75, 3.05) is 18.8 Å². The molecule has 1 heterocycles. The van der Waals surface area contributed by atoms with Crippen LogP contribution in [-0.4, -0.2) is 37.1 Å². The summed E-state index contributed by atoms with van der Waals surface area (Å²) < 4.78 is 26.2. The summed E-state index contributed by atoms with van der Waals surface area (Å²) in [5.74, 6) is 1.11. The summed E-state index contributed by atoms with van der Waals surface area (Å²) in [5.41, 5.74) is 5.65. The normalized spacial score (nSPS) is 42.8.